The Labute approximate surface area is 121 Å². The van der Waals surface area contributed by atoms with Crippen molar-refractivity contribution in [1.29, 1.82) is 0 Å². The van der Waals surface area contributed by atoms with Crippen LogP contribution in [-0.2, 0) is 4.79 Å². The van der Waals surface area contributed by atoms with E-state index in [9.17, 15) is 14.7 Å². The zero-order chi connectivity index (χ0) is 14.3. The molecule has 6 heteroatoms. The van der Waals surface area contributed by atoms with Gasteiger partial charge >= 0.3 is 0 Å². The Bertz CT molecular complexity index is 584. The van der Waals surface area contributed by atoms with Gasteiger partial charge < -0.3 is 15.3 Å². The highest BCUT2D eigenvalue weighted by Crippen LogP contribution is 2.38. The Balaban J connectivity index is 1.99. The fraction of sp³-hybridized carbons (Fsp3) is 0.429. The minimum atomic E-state index is -0.620. The SMILES string of the molecule is O=C1Nc2cc(N(CCO)C3CCC3)c(Cl)cc2C1=O. The highest BCUT2D eigenvalue weighted by molar-refractivity contribution is 6.52. The average Bonchev–Trinajstić information content (AvgIpc) is 2.62. The lowest BCUT2D eigenvalue weighted by molar-refractivity contribution is -0.112. The van der Waals surface area contributed by atoms with E-state index in [1.165, 1.54) is 12.5 Å². The molecule has 20 heavy (non-hydrogen) atoms. The van der Waals surface area contributed by atoms with Crippen LogP contribution in [0, 0.1) is 0 Å². The number of rotatable bonds is 4. The summed E-state index contributed by atoms with van der Waals surface area (Å²) in [4.78, 5) is 25.1. The van der Waals surface area contributed by atoms with E-state index in [1.807, 2.05) is 0 Å². The Hall–Kier alpha value is -1.59. The van der Waals surface area contributed by atoms with E-state index >= 15 is 0 Å². The summed E-state index contributed by atoms with van der Waals surface area (Å²) in [5, 5.41) is 12.2. The second-order valence-corrected chi connectivity index (χ2v) is 5.54. The molecule has 1 amide bonds. The Morgan fingerprint density at radius 1 is 1.35 bits per heavy atom. The molecular weight excluding hydrogens is 280 g/mol. The first-order valence-electron chi connectivity index (χ1n) is 6.68. The van der Waals surface area contributed by atoms with Gasteiger partial charge in [-0.05, 0) is 31.4 Å². The maximum atomic E-state index is 11.6. The molecule has 1 saturated carbocycles. The van der Waals surface area contributed by atoms with Crippen LogP contribution in [0.2, 0.25) is 5.02 Å². The van der Waals surface area contributed by atoms with Crippen LogP contribution in [-0.4, -0.2) is 36.0 Å². The lowest BCUT2D eigenvalue weighted by Crippen LogP contribution is -2.42. The van der Waals surface area contributed by atoms with Gasteiger partial charge in [0.2, 0.25) is 0 Å². The topological polar surface area (TPSA) is 69.6 Å². The summed E-state index contributed by atoms with van der Waals surface area (Å²) in [5.74, 6) is -1.17. The third kappa shape index (κ3) is 2.07. The number of ketones is 1. The van der Waals surface area contributed by atoms with Gasteiger partial charge in [0.1, 0.15) is 0 Å². The van der Waals surface area contributed by atoms with Gasteiger partial charge in [-0.25, -0.2) is 0 Å². The molecule has 0 aromatic heterocycles. The number of aliphatic hydroxyl groups excluding tert-OH is 1. The summed E-state index contributed by atoms with van der Waals surface area (Å²) in [7, 11) is 0. The lowest BCUT2D eigenvalue weighted by Gasteiger charge is -2.39. The molecule has 1 aromatic rings. The molecule has 0 atom stereocenters. The molecule has 5 nitrogen and oxygen atoms in total. The largest absolute Gasteiger partial charge is 0.395 e. The second-order valence-electron chi connectivity index (χ2n) is 5.13. The number of hydrogen-bond acceptors (Lipinski definition) is 4. The number of fused-ring (bicyclic) bond motifs is 1. The predicted octanol–water partition coefficient (Wildman–Crippen LogP) is 1.83. The molecule has 106 valence electrons. The first-order chi connectivity index (χ1) is 9.61. The summed E-state index contributed by atoms with van der Waals surface area (Å²) in [5.41, 5.74) is 1.59. The van der Waals surface area contributed by atoms with E-state index in [2.05, 4.69) is 10.2 Å². The summed E-state index contributed by atoms with van der Waals surface area (Å²) in [6, 6.07) is 3.63. The highest BCUT2D eigenvalue weighted by atomic mass is 35.5. The first kappa shape index (κ1) is 13.4. The highest BCUT2D eigenvalue weighted by Gasteiger charge is 2.32. The quantitative estimate of drug-likeness (QED) is 0.831. The molecule has 2 aliphatic rings. The zero-order valence-corrected chi connectivity index (χ0v) is 11.6. The van der Waals surface area contributed by atoms with Gasteiger partial charge in [-0.15, -0.1) is 0 Å². The lowest BCUT2D eigenvalue weighted by atomic mass is 9.91. The van der Waals surface area contributed by atoms with Gasteiger partial charge in [0.15, 0.2) is 0 Å². The molecule has 1 aromatic carbocycles. The molecule has 0 unspecified atom stereocenters. The van der Waals surface area contributed by atoms with Crippen LogP contribution in [0.15, 0.2) is 12.1 Å². The Kier molecular flexibility index (Phi) is 3.40. The molecular formula is C14H15ClN2O3. The van der Waals surface area contributed by atoms with Gasteiger partial charge in [0, 0.05) is 12.6 Å². The molecule has 0 radical (unpaired) electrons. The van der Waals surface area contributed by atoms with E-state index in [4.69, 9.17) is 11.6 Å². The number of carbonyl (C=O) groups excluding carboxylic acids is 2. The maximum Gasteiger partial charge on any atom is 0.296 e. The first-order valence-corrected chi connectivity index (χ1v) is 7.06. The smallest absolute Gasteiger partial charge is 0.296 e. The Morgan fingerprint density at radius 3 is 2.70 bits per heavy atom. The van der Waals surface area contributed by atoms with Crippen LogP contribution < -0.4 is 10.2 Å². The fourth-order valence-corrected chi connectivity index (χ4v) is 2.95. The molecule has 1 aliphatic carbocycles. The van der Waals surface area contributed by atoms with E-state index in [0.717, 1.165) is 18.5 Å². The van der Waals surface area contributed by atoms with Crippen molar-refractivity contribution in [2.45, 2.75) is 25.3 Å². The summed E-state index contributed by atoms with van der Waals surface area (Å²) < 4.78 is 0. The third-order valence-electron chi connectivity index (χ3n) is 3.95. The van der Waals surface area contributed by atoms with Crippen molar-refractivity contribution < 1.29 is 14.7 Å². The van der Waals surface area contributed by atoms with Crippen LogP contribution >= 0.6 is 11.6 Å². The monoisotopic (exact) mass is 294 g/mol. The van der Waals surface area contributed by atoms with Crippen molar-refractivity contribution in [3.63, 3.8) is 0 Å². The zero-order valence-electron chi connectivity index (χ0n) is 10.9. The average molecular weight is 295 g/mol. The number of aliphatic hydroxyl groups is 1. The predicted molar refractivity (Wildman–Crippen MR) is 76.5 cm³/mol. The normalized spacial score (nSPS) is 17.7. The number of anilines is 2. The van der Waals surface area contributed by atoms with Gasteiger partial charge in [-0.3, -0.25) is 9.59 Å². The third-order valence-corrected chi connectivity index (χ3v) is 4.25. The van der Waals surface area contributed by atoms with Crippen molar-refractivity contribution in [1.82, 2.24) is 0 Å². The number of nitrogens with zero attached hydrogens (tertiary/aromatic N) is 1. The molecule has 1 aliphatic heterocycles. The number of nitrogens with one attached hydrogen (secondary N) is 1. The molecule has 0 spiro atoms. The van der Waals surface area contributed by atoms with E-state index in [-0.39, 0.29) is 6.61 Å². The number of amides is 1. The van der Waals surface area contributed by atoms with Gasteiger partial charge in [0.25, 0.3) is 11.7 Å². The van der Waals surface area contributed by atoms with Crippen molar-refractivity contribution >= 4 is 34.7 Å². The van der Waals surface area contributed by atoms with Crippen molar-refractivity contribution in [3.8, 4) is 0 Å². The summed E-state index contributed by atoms with van der Waals surface area (Å²) >= 11 is 6.26. The van der Waals surface area contributed by atoms with Gasteiger partial charge in [-0.2, -0.15) is 0 Å². The van der Waals surface area contributed by atoms with Crippen LogP contribution in [0.25, 0.3) is 0 Å². The van der Waals surface area contributed by atoms with E-state index in [1.54, 1.807) is 6.07 Å². The van der Waals surface area contributed by atoms with Crippen LogP contribution in [0.1, 0.15) is 29.6 Å². The summed E-state index contributed by atoms with van der Waals surface area (Å²) in [6.45, 7) is 0.528. The molecule has 3 rings (SSSR count). The molecule has 0 bridgehead atoms. The van der Waals surface area contributed by atoms with Gasteiger partial charge in [-0.1, -0.05) is 11.6 Å². The Morgan fingerprint density at radius 2 is 2.10 bits per heavy atom. The van der Waals surface area contributed by atoms with Crippen LogP contribution in [0.5, 0.6) is 0 Å². The van der Waals surface area contributed by atoms with Gasteiger partial charge in [0.05, 0.1) is 28.6 Å². The maximum absolute atomic E-state index is 11.6. The minimum absolute atomic E-state index is 0.0369. The summed E-state index contributed by atoms with van der Waals surface area (Å²) in [6.07, 6.45) is 3.31. The second kappa shape index (κ2) is 5.07. The molecule has 1 heterocycles. The fourth-order valence-electron chi connectivity index (χ4n) is 2.68. The number of Topliss-reactive ketones (excluding diaryl/α,β-unsaturated/α-hetero) is 1. The van der Waals surface area contributed by atoms with Crippen molar-refractivity contribution in [3.05, 3.63) is 22.7 Å². The minimum Gasteiger partial charge on any atom is -0.395 e. The number of halogens is 1. The van der Waals surface area contributed by atoms with Crippen LogP contribution in [0.3, 0.4) is 0 Å². The molecule has 1 fully saturated rings. The van der Waals surface area contributed by atoms with E-state index in [0.29, 0.717) is 28.9 Å². The molecule has 0 saturated heterocycles. The number of benzene rings is 1. The van der Waals surface area contributed by atoms with Crippen LogP contribution in [0.4, 0.5) is 11.4 Å². The molecule has 2 N–H and O–H groups in total. The van der Waals surface area contributed by atoms with Crippen molar-refractivity contribution in [2.75, 3.05) is 23.4 Å². The van der Waals surface area contributed by atoms with Crippen molar-refractivity contribution in [2.24, 2.45) is 0 Å². The number of hydrogen-bond donors (Lipinski definition) is 2. The standard InChI is InChI=1S/C14H15ClN2O3/c15-10-6-9-11(16-14(20)13(9)19)7-12(10)17(4-5-18)8-2-1-3-8/h6-8,18H,1-5H2,(H,16,19,20). The number of carbonyl (C=O) groups is 2. The van der Waals surface area contributed by atoms with E-state index < -0.39 is 11.7 Å².